The number of imide groups is 1. The van der Waals surface area contributed by atoms with Crippen LogP contribution >= 0.6 is 0 Å². The van der Waals surface area contributed by atoms with Crippen LogP contribution in [0.2, 0.25) is 0 Å². The van der Waals surface area contributed by atoms with Gasteiger partial charge in [0, 0.05) is 31.7 Å². The lowest BCUT2D eigenvalue weighted by Gasteiger charge is -2.31. The molecular formula is C23H35N5O5S. The number of carbonyl (C=O) groups is 3. The number of nitrogens with zero attached hydrogens (tertiary/aromatic N) is 2. The summed E-state index contributed by atoms with van der Waals surface area (Å²) in [5.41, 5.74) is 1.40. The number of amides is 5. The Kier molecular flexibility index (Phi) is 9.28. The van der Waals surface area contributed by atoms with Crippen LogP contribution in [0.1, 0.15) is 67.8 Å². The van der Waals surface area contributed by atoms with E-state index in [1.54, 1.807) is 12.1 Å². The van der Waals surface area contributed by atoms with Crippen molar-refractivity contribution in [2.45, 2.75) is 58.4 Å². The molecular weight excluding hydrogens is 458 g/mol. The molecule has 11 heteroatoms. The lowest BCUT2D eigenvalue weighted by Crippen LogP contribution is -2.50. The van der Waals surface area contributed by atoms with Crippen LogP contribution in [0.25, 0.3) is 0 Å². The number of hydrogen-bond acceptors (Lipinski definition) is 5. The van der Waals surface area contributed by atoms with Gasteiger partial charge in [0.2, 0.25) is 0 Å². The Morgan fingerprint density at radius 3 is 2.47 bits per heavy atom. The number of rotatable bonds is 10. The van der Waals surface area contributed by atoms with E-state index in [1.807, 2.05) is 12.1 Å². The third-order valence-corrected chi connectivity index (χ3v) is 7.83. The van der Waals surface area contributed by atoms with Gasteiger partial charge in [0.15, 0.2) is 0 Å². The van der Waals surface area contributed by atoms with Gasteiger partial charge in [-0.25, -0.2) is 14.3 Å². The number of carbonyl (C=O) groups excluding carboxylic acids is 3. The van der Waals surface area contributed by atoms with Crippen molar-refractivity contribution in [3.05, 3.63) is 35.4 Å². The molecule has 1 aromatic rings. The van der Waals surface area contributed by atoms with Gasteiger partial charge >= 0.3 is 22.3 Å². The molecule has 34 heavy (non-hydrogen) atoms. The monoisotopic (exact) mass is 493 g/mol. The van der Waals surface area contributed by atoms with Crippen molar-refractivity contribution < 1.29 is 22.8 Å². The summed E-state index contributed by atoms with van der Waals surface area (Å²) in [5.74, 6) is -0.0327. The number of piperidine rings is 1. The molecule has 2 aliphatic rings. The van der Waals surface area contributed by atoms with Crippen LogP contribution in [0.15, 0.2) is 24.3 Å². The second-order valence-electron chi connectivity index (χ2n) is 8.84. The van der Waals surface area contributed by atoms with Gasteiger partial charge in [-0.3, -0.25) is 9.69 Å². The molecule has 0 bridgehead atoms. The highest BCUT2D eigenvalue weighted by Crippen LogP contribution is 2.23. The predicted molar refractivity (Wildman–Crippen MR) is 128 cm³/mol. The van der Waals surface area contributed by atoms with Crippen molar-refractivity contribution in [3.8, 4) is 0 Å². The van der Waals surface area contributed by atoms with Gasteiger partial charge in [0.05, 0.1) is 6.54 Å². The maximum atomic E-state index is 12.5. The highest BCUT2D eigenvalue weighted by molar-refractivity contribution is 7.87. The van der Waals surface area contributed by atoms with Crippen molar-refractivity contribution in [1.82, 2.24) is 24.6 Å². The quantitative estimate of drug-likeness (QED) is 0.432. The van der Waals surface area contributed by atoms with E-state index in [4.69, 9.17) is 0 Å². The molecule has 1 fully saturated rings. The van der Waals surface area contributed by atoms with Crippen LogP contribution in [0.4, 0.5) is 9.59 Å². The van der Waals surface area contributed by atoms with E-state index in [1.165, 1.54) is 9.21 Å². The van der Waals surface area contributed by atoms with Crippen molar-refractivity contribution in [3.63, 3.8) is 0 Å². The zero-order chi connectivity index (χ0) is 24.6. The smallest absolute Gasteiger partial charge is 0.329 e. The zero-order valence-electron chi connectivity index (χ0n) is 19.7. The Labute approximate surface area is 201 Å². The highest BCUT2D eigenvalue weighted by Gasteiger charge is 2.32. The third-order valence-electron chi connectivity index (χ3n) is 6.35. The molecule has 0 radical (unpaired) electrons. The lowest BCUT2D eigenvalue weighted by atomic mass is 9.95. The molecule has 0 aromatic heterocycles. The summed E-state index contributed by atoms with van der Waals surface area (Å²) in [4.78, 5) is 37.9. The zero-order valence-corrected chi connectivity index (χ0v) is 20.5. The number of hydrogen-bond donors (Lipinski definition) is 3. The van der Waals surface area contributed by atoms with Gasteiger partial charge in [-0.2, -0.15) is 12.7 Å². The molecule has 0 atom stereocenters. The predicted octanol–water partition coefficient (Wildman–Crippen LogP) is 2.58. The first-order valence-corrected chi connectivity index (χ1v) is 13.5. The van der Waals surface area contributed by atoms with E-state index in [2.05, 4.69) is 22.3 Å². The molecule has 0 saturated carbocycles. The fourth-order valence-electron chi connectivity index (χ4n) is 4.31. The van der Waals surface area contributed by atoms with Crippen LogP contribution in [0.5, 0.6) is 0 Å². The summed E-state index contributed by atoms with van der Waals surface area (Å²) in [6.07, 6.45) is 5.98. The number of benzene rings is 1. The molecule has 3 rings (SSSR count). The van der Waals surface area contributed by atoms with E-state index in [0.717, 1.165) is 31.2 Å². The molecule has 3 N–H and O–H groups in total. The Bertz CT molecular complexity index is 976. The topological polar surface area (TPSA) is 128 Å². The Hall–Kier alpha value is -2.66. The van der Waals surface area contributed by atoms with Crippen LogP contribution < -0.4 is 15.4 Å². The SMILES string of the molecule is CCCCCCNC(=O)NS(=O)(=O)N1CCC(CCNC(=O)N2Cc3ccccc3C2=O)CC1. The van der Waals surface area contributed by atoms with Gasteiger partial charge in [-0.1, -0.05) is 44.4 Å². The molecule has 10 nitrogen and oxygen atoms in total. The molecule has 1 aromatic carbocycles. The molecule has 2 heterocycles. The van der Waals surface area contributed by atoms with Crippen molar-refractivity contribution in [2.24, 2.45) is 5.92 Å². The van der Waals surface area contributed by atoms with Crippen LogP contribution in [0.3, 0.4) is 0 Å². The average molecular weight is 494 g/mol. The van der Waals surface area contributed by atoms with E-state index in [0.29, 0.717) is 51.0 Å². The Balaban J connectivity index is 1.34. The molecule has 188 valence electrons. The van der Waals surface area contributed by atoms with Crippen LogP contribution in [-0.4, -0.2) is 61.8 Å². The summed E-state index contributed by atoms with van der Waals surface area (Å²) >= 11 is 0. The summed E-state index contributed by atoms with van der Waals surface area (Å²) in [5, 5.41) is 5.40. The van der Waals surface area contributed by atoms with Gasteiger partial charge in [-0.15, -0.1) is 0 Å². The van der Waals surface area contributed by atoms with E-state index in [-0.39, 0.29) is 18.4 Å². The minimum absolute atomic E-state index is 0.255. The maximum Gasteiger partial charge on any atom is 0.329 e. The third kappa shape index (κ3) is 6.92. The normalized spacial score (nSPS) is 16.9. The van der Waals surface area contributed by atoms with Crippen molar-refractivity contribution in [1.29, 1.82) is 0 Å². The fraction of sp³-hybridized carbons (Fsp3) is 0.609. The summed E-state index contributed by atoms with van der Waals surface area (Å²) in [6, 6.07) is 6.08. The molecule has 5 amide bonds. The standard InChI is InChI=1S/C23H35N5O5S/c1-2-3-4-7-13-24-22(30)26-34(32,33)27-15-11-18(12-16-27)10-14-25-23(31)28-17-19-8-5-6-9-20(19)21(28)29/h5-6,8-9,18H,2-4,7,10-17H2,1H3,(H,25,31)(H2,24,26,30). The Morgan fingerprint density at radius 1 is 1.03 bits per heavy atom. The summed E-state index contributed by atoms with van der Waals surface area (Å²) in [7, 11) is -3.87. The molecule has 0 unspecified atom stereocenters. The van der Waals surface area contributed by atoms with Gasteiger partial charge in [0.25, 0.3) is 5.91 Å². The van der Waals surface area contributed by atoms with E-state index in [9.17, 15) is 22.8 Å². The molecule has 0 aliphatic carbocycles. The first-order chi connectivity index (χ1) is 16.3. The minimum atomic E-state index is -3.87. The van der Waals surface area contributed by atoms with E-state index >= 15 is 0 Å². The Morgan fingerprint density at radius 2 is 1.76 bits per heavy atom. The van der Waals surface area contributed by atoms with Gasteiger partial charge in [-0.05, 0) is 43.2 Å². The second kappa shape index (κ2) is 12.2. The summed E-state index contributed by atoms with van der Waals surface area (Å²) < 4.78 is 28.3. The van der Waals surface area contributed by atoms with Crippen molar-refractivity contribution >= 4 is 28.2 Å². The van der Waals surface area contributed by atoms with Gasteiger partial charge in [0.1, 0.15) is 0 Å². The fourth-order valence-corrected chi connectivity index (χ4v) is 5.43. The largest absolute Gasteiger partial charge is 0.338 e. The van der Waals surface area contributed by atoms with Crippen molar-refractivity contribution in [2.75, 3.05) is 26.2 Å². The number of unbranched alkanes of at least 4 members (excludes halogenated alkanes) is 3. The maximum absolute atomic E-state index is 12.5. The minimum Gasteiger partial charge on any atom is -0.338 e. The molecule has 1 saturated heterocycles. The first-order valence-electron chi connectivity index (χ1n) is 12.0. The summed E-state index contributed by atoms with van der Waals surface area (Å²) in [6.45, 7) is 3.87. The number of urea groups is 2. The average Bonchev–Trinajstić information content (AvgIpc) is 3.16. The van der Waals surface area contributed by atoms with Crippen LogP contribution in [0, 0.1) is 5.92 Å². The highest BCUT2D eigenvalue weighted by atomic mass is 32.2. The number of nitrogens with one attached hydrogen (secondary N) is 3. The first kappa shape index (κ1) is 26.0. The lowest BCUT2D eigenvalue weighted by molar-refractivity contribution is 0.0820. The van der Waals surface area contributed by atoms with E-state index < -0.39 is 22.3 Å². The second-order valence-corrected chi connectivity index (χ2v) is 10.5. The molecule has 0 spiro atoms. The van der Waals surface area contributed by atoms with Gasteiger partial charge < -0.3 is 10.6 Å². The van der Waals surface area contributed by atoms with Crippen LogP contribution in [-0.2, 0) is 16.8 Å². The number of fused-ring (bicyclic) bond motifs is 1. The molecule has 2 aliphatic heterocycles.